The van der Waals surface area contributed by atoms with Crippen molar-refractivity contribution in [3.63, 3.8) is 0 Å². The molecule has 0 aliphatic carbocycles. The number of halogens is 2. The van der Waals surface area contributed by atoms with E-state index in [1.165, 1.54) is 17.7 Å². The van der Waals surface area contributed by atoms with Gasteiger partial charge < -0.3 is 4.74 Å². The molecule has 0 fully saturated rings. The zero-order valence-electron chi connectivity index (χ0n) is 14.5. The molecule has 1 aliphatic rings. The second-order valence-corrected chi connectivity index (χ2v) is 7.93. The van der Waals surface area contributed by atoms with Crippen molar-refractivity contribution in [3.8, 4) is 5.75 Å². The van der Waals surface area contributed by atoms with E-state index in [2.05, 4.69) is 32.9 Å². The van der Waals surface area contributed by atoms with Crippen LogP contribution in [0.5, 0.6) is 5.75 Å². The molecule has 0 bridgehead atoms. The molecule has 0 spiro atoms. The van der Waals surface area contributed by atoms with Crippen molar-refractivity contribution in [1.29, 1.82) is 0 Å². The lowest BCUT2D eigenvalue weighted by molar-refractivity contribution is 0.266. The number of benzene rings is 2. The van der Waals surface area contributed by atoms with Crippen LogP contribution in [0.25, 0.3) is 0 Å². The van der Waals surface area contributed by atoms with E-state index in [1.54, 1.807) is 0 Å². The zero-order valence-corrected chi connectivity index (χ0v) is 14.5. The van der Waals surface area contributed by atoms with Crippen LogP contribution in [0.2, 0.25) is 0 Å². The Bertz CT molecular complexity index is 711. The highest BCUT2D eigenvalue weighted by molar-refractivity contribution is 5.42. The molecule has 128 valence electrons. The van der Waals surface area contributed by atoms with Crippen molar-refractivity contribution in [2.24, 2.45) is 5.41 Å². The molecule has 0 unspecified atom stereocenters. The summed E-state index contributed by atoms with van der Waals surface area (Å²) in [6.45, 7) is 7.30. The molecule has 2 aromatic carbocycles. The van der Waals surface area contributed by atoms with Gasteiger partial charge in [0.2, 0.25) is 0 Å². The molecule has 0 amide bonds. The Balaban J connectivity index is 1.88. The average molecular weight is 330 g/mol. The summed E-state index contributed by atoms with van der Waals surface area (Å²) < 4.78 is 32.7. The topological polar surface area (TPSA) is 9.23 Å². The van der Waals surface area contributed by atoms with Crippen molar-refractivity contribution in [2.45, 2.75) is 46.0 Å². The smallest absolute Gasteiger partial charge is 0.126 e. The number of fused-ring (bicyclic) bond motifs is 1. The summed E-state index contributed by atoms with van der Waals surface area (Å²) in [6.07, 6.45) is 2.48. The molecule has 0 N–H and O–H groups in total. The monoisotopic (exact) mass is 330 g/mol. The van der Waals surface area contributed by atoms with Gasteiger partial charge in [-0.05, 0) is 65.5 Å². The van der Waals surface area contributed by atoms with E-state index < -0.39 is 11.6 Å². The van der Waals surface area contributed by atoms with E-state index in [0.717, 1.165) is 30.2 Å². The number of hydrogen-bond donors (Lipinski definition) is 0. The Morgan fingerprint density at radius 2 is 1.71 bits per heavy atom. The maximum atomic E-state index is 13.5. The van der Waals surface area contributed by atoms with Gasteiger partial charge in [0.1, 0.15) is 17.4 Å². The van der Waals surface area contributed by atoms with Gasteiger partial charge in [-0.3, -0.25) is 0 Å². The summed E-state index contributed by atoms with van der Waals surface area (Å²) in [7, 11) is 0. The molecular formula is C21H24F2O. The second kappa shape index (κ2) is 6.54. The quantitative estimate of drug-likeness (QED) is 0.705. The summed E-state index contributed by atoms with van der Waals surface area (Å²) in [6, 6.07) is 10.1. The third-order valence-electron chi connectivity index (χ3n) is 4.38. The minimum absolute atomic E-state index is 0.213. The van der Waals surface area contributed by atoms with Crippen molar-refractivity contribution < 1.29 is 13.5 Å². The third kappa shape index (κ3) is 4.14. The Labute approximate surface area is 142 Å². The van der Waals surface area contributed by atoms with Crippen LogP contribution >= 0.6 is 0 Å². The normalized spacial score (nSPS) is 17.3. The van der Waals surface area contributed by atoms with Crippen LogP contribution in [-0.4, -0.2) is 6.61 Å². The predicted octanol–water partition coefficient (Wildman–Crippen LogP) is 5.66. The van der Waals surface area contributed by atoms with Crippen LogP contribution < -0.4 is 4.74 Å². The molecule has 0 radical (unpaired) electrons. The van der Waals surface area contributed by atoms with Crippen LogP contribution in [0.3, 0.4) is 0 Å². The van der Waals surface area contributed by atoms with E-state index in [1.807, 2.05) is 6.07 Å². The first-order valence-corrected chi connectivity index (χ1v) is 8.51. The van der Waals surface area contributed by atoms with Crippen LogP contribution in [0.1, 0.15) is 49.8 Å². The van der Waals surface area contributed by atoms with Gasteiger partial charge in [-0.1, -0.05) is 32.9 Å². The predicted molar refractivity (Wildman–Crippen MR) is 92.5 cm³/mol. The maximum Gasteiger partial charge on any atom is 0.126 e. The summed E-state index contributed by atoms with van der Waals surface area (Å²) in [5.74, 6) is 0.105. The van der Waals surface area contributed by atoms with E-state index in [9.17, 15) is 8.78 Å². The zero-order chi connectivity index (χ0) is 17.3. The molecule has 1 heterocycles. The van der Waals surface area contributed by atoms with Gasteiger partial charge in [-0.25, -0.2) is 8.78 Å². The molecule has 1 aliphatic heterocycles. The van der Waals surface area contributed by atoms with Crippen molar-refractivity contribution in [3.05, 3.63) is 64.7 Å². The van der Waals surface area contributed by atoms with E-state index in [4.69, 9.17) is 4.74 Å². The first kappa shape index (κ1) is 16.9. The molecule has 3 rings (SSSR count). The van der Waals surface area contributed by atoms with E-state index >= 15 is 0 Å². The minimum atomic E-state index is -0.515. The van der Waals surface area contributed by atoms with Crippen molar-refractivity contribution in [1.82, 2.24) is 0 Å². The molecule has 3 heteroatoms. The van der Waals surface area contributed by atoms with Crippen LogP contribution in [0.4, 0.5) is 8.78 Å². The Hall–Kier alpha value is -1.90. The fraction of sp³-hybridized carbons (Fsp3) is 0.429. The third-order valence-corrected chi connectivity index (χ3v) is 4.38. The summed E-state index contributed by atoms with van der Waals surface area (Å²) >= 11 is 0. The molecule has 0 aromatic heterocycles. The Kier molecular flexibility index (Phi) is 4.62. The standard InChI is InChI=1S/C21H24F2O/c1-21(2,3)13-14-4-5-20-19(11-14)16(6-7-24-20)8-15-9-17(22)12-18(23)10-15/h4-5,9-12,16H,6-8,13H2,1-3H3/t16-/m1/s1. The number of hydrogen-bond acceptors (Lipinski definition) is 1. The maximum absolute atomic E-state index is 13.5. The molecular weight excluding hydrogens is 306 g/mol. The summed E-state index contributed by atoms with van der Waals surface area (Å²) in [4.78, 5) is 0. The van der Waals surface area contributed by atoms with E-state index in [0.29, 0.717) is 18.6 Å². The number of rotatable bonds is 3. The van der Waals surface area contributed by atoms with Gasteiger partial charge in [0.05, 0.1) is 6.61 Å². The van der Waals surface area contributed by atoms with Crippen LogP contribution in [-0.2, 0) is 12.8 Å². The highest BCUT2D eigenvalue weighted by Crippen LogP contribution is 2.37. The van der Waals surface area contributed by atoms with Gasteiger partial charge in [0.15, 0.2) is 0 Å². The lowest BCUT2D eigenvalue weighted by Gasteiger charge is -2.28. The average Bonchev–Trinajstić information content (AvgIpc) is 2.45. The second-order valence-electron chi connectivity index (χ2n) is 7.93. The number of ether oxygens (including phenoxy) is 1. The highest BCUT2D eigenvalue weighted by atomic mass is 19.1. The van der Waals surface area contributed by atoms with Gasteiger partial charge in [0.25, 0.3) is 0 Å². The van der Waals surface area contributed by atoms with Gasteiger partial charge in [-0.2, -0.15) is 0 Å². The molecule has 0 saturated heterocycles. The largest absolute Gasteiger partial charge is 0.493 e. The van der Waals surface area contributed by atoms with Crippen LogP contribution in [0, 0.1) is 17.0 Å². The minimum Gasteiger partial charge on any atom is -0.493 e. The first-order chi connectivity index (χ1) is 11.3. The van der Waals surface area contributed by atoms with Gasteiger partial charge in [-0.15, -0.1) is 0 Å². The SMILES string of the molecule is CC(C)(C)Cc1ccc2c(c1)[C@@H](Cc1cc(F)cc(F)c1)CCO2. The highest BCUT2D eigenvalue weighted by Gasteiger charge is 2.23. The Morgan fingerprint density at radius 3 is 2.38 bits per heavy atom. The lowest BCUT2D eigenvalue weighted by Crippen LogP contribution is -2.17. The van der Waals surface area contributed by atoms with Crippen LogP contribution in [0.15, 0.2) is 36.4 Å². The molecule has 2 aromatic rings. The summed E-state index contributed by atoms with van der Waals surface area (Å²) in [5.41, 5.74) is 3.35. The van der Waals surface area contributed by atoms with Gasteiger partial charge in [0, 0.05) is 6.07 Å². The molecule has 1 nitrogen and oxygen atoms in total. The molecule has 0 saturated carbocycles. The Morgan fingerprint density at radius 1 is 1.00 bits per heavy atom. The molecule has 1 atom stereocenters. The fourth-order valence-corrected chi connectivity index (χ4v) is 3.46. The van der Waals surface area contributed by atoms with Crippen molar-refractivity contribution in [2.75, 3.05) is 6.61 Å². The first-order valence-electron chi connectivity index (χ1n) is 8.51. The fourth-order valence-electron chi connectivity index (χ4n) is 3.46. The molecule has 24 heavy (non-hydrogen) atoms. The van der Waals surface area contributed by atoms with Gasteiger partial charge >= 0.3 is 0 Å². The lowest BCUT2D eigenvalue weighted by atomic mass is 9.83. The van der Waals surface area contributed by atoms with Crippen molar-refractivity contribution >= 4 is 0 Å². The summed E-state index contributed by atoms with van der Waals surface area (Å²) in [5, 5.41) is 0. The van der Waals surface area contributed by atoms with E-state index in [-0.39, 0.29) is 11.3 Å².